The molecule has 0 aromatic heterocycles. The van der Waals surface area contributed by atoms with E-state index < -0.39 is 5.97 Å². The lowest BCUT2D eigenvalue weighted by molar-refractivity contribution is 0.0734. The van der Waals surface area contributed by atoms with Crippen LogP contribution < -0.4 is 19.6 Å². The molecule has 1 heterocycles. The van der Waals surface area contributed by atoms with Crippen LogP contribution in [0.5, 0.6) is 17.2 Å². The Morgan fingerprint density at radius 1 is 0.933 bits per heavy atom. The van der Waals surface area contributed by atoms with E-state index in [0.717, 1.165) is 11.1 Å². The van der Waals surface area contributed by atoms with E-state index in [4.69, 9.17) is 14.2 Å². The minimum absolute atomic E-state index is 0.148. The number of rotatable bonds is 5. The number of nitrogens with zero attached hydrogens (tertiary/aromatic N) is 1. The number of hydrogen-bond acceptors (Lipinski definition) is 6. The molecule has 1 aliphatic rings. The zero-order chi connectivity index (χ0) is 20.9. The maximum atomic E-state index is 12.2. The first kappa shape index (κ1) is 19.2. The van der Waals surface area contributed by atoms with Gasteiger partial charge in [-0.2, -0.15) is 5.10 Å². The number of ether oxygens (including phenoxy) is 3. The fourth-order valence-corrected chi connectivity index (χ4v) is 2.75. The van der Waals surface area contributed by atoms with Gasteiger partial charge in [0.1, 0.15) is 5.75 Å². The van der Waals surface area contributed by atoms with Gasteiger partial charge < -0.3 is 14.2 Å². The molecule has 4 rings (SSSR count). The molecule has 0 aliphatic carbocycles. The van der Waals surface area contributed by atoms with Crippen molar-refractivity contribution in [3.05, 3.63) is 89.0 Å². The minimum Gasteiger partial charge on any atom is -0.454 e. The standard InChI is InChI=1S/C23H18N2O5/c1-15-2-6-17(7-3-15)23(27)30-19-9-4-16(5-10-19)13-24-25-22(26)18-8-11-20-21(12-18)29-14-28-20/h2-13H,14H2,1H3,(H,25,26)/b24-13+. The fraction of sp³-hybridized carbons (Fsp3) is 0.0870. The molecule has 0 atom stereocenters. The van der Waals surface area contributed by atoms with E-state index in [0.29, 0.717) is 28.4 Å². The van der Waals surface area contributed by atoms with Crippen molar-refractivity contribution in [2.75, 3.05) is 6.79 Å². The number of esters is 1. The number of hydrogen-bond donors (Lipinski definition) is 1. The molecule has 0 unspecified atom stereocenters. The summed E-state index contributed by atoms with van der Waals surface area (Å²) >= 11 is 0. The third-order valence-corrected chi connectivity index (χ3v) is 4.39. The first-order chi connectivity index (χ1) is 14.6. The molecular formula is C23H18N2O5. The van der Waals surface area contributed by atoms with Gasteiger partial charge in [-0.3, -0.25) is 4.79 Å². The molecule has 0 saturated heterocycles. The van der Waals surface area contributed by atoms with Crippen molar-refractivity contribution in [1.82, 2.24) is 5.43 Å². The summed E-state index contributed by atoms with van der Waals surface area (Å²) in [5.41, 5.74) is 5.16. The molecule has 3 aromatic carbocycles. The first-order valence-corrected chi connectivity index (χ1v) is 9.20. The number of carbonyl (C=O) groups excluding carboxylic acids is 2. The van der Waals surface area contributed by atoms with Gasteiger partial charge in [0.15, 0.2) is 11.5 Å². The lowest BCUT2D eigenvalue weighted by Crippen LogP contribution is -2.17. The molecule has 7 heteroatoms. The molecule has 30 heavy (non-hydrogen) atoms. The van der Waals surface area contributed by atoms with Crippen molar-refractivity contribution in [2.24, 2.45) is 5.10 Å². The van der Waals surface area contributed by atoms with Gasteiger partial charge in [0.2, 0.25) is 6.79 Å². The summed E-state index contributed by atoms with van der Waals surface area (Å²) in [6.07, 6.45) is 1.50. The normalized spacial score (nSPS) is 12.0. The van der Waals surface area contributed by atoms with Crippen LogP contribution in [0.1, 0.15) is 31.8 Å². The largest absolute Gasteiger partial charge is 0.454 e. The molecule has 1 aliphatic heterocycles. The average molecular weight is 402 g/mol. The second kappa shape index (κ2) is 8.48. The Hall–Kier alpha value is -4.13. The third kappa shape index (κ3) is 4.47. The molecule has 0 spiro atoms. The van der Waals surface area contributed by atoms with Gasteiger partial charge in [-0.1, -0.05) is 17.7 Å². The zero-order valence-electron chi connectivity index (χ0n) is 16.1. The predicted octanol–water partition coefficient (Wildman–Crippen LogP) is 3.71. The van der Waals surface area contributed by atoms with Crippen molar-refractivity contribution in [3.8, 4) is 17.2 Å². The van der Waals surface area contributed by atoms with Crippen LogP contribution in [0, 0.1) is 6.92 Å². The molecular weight excluding hydrogens is 384 g/mol. The SMILES string of the molecule is Cc1ccc(C(=O)Oc2ccc(/C=N/NC(=O)c3ccc4c(c3)OCO4)cc2)cc1. The summed E-state index contributed by atoms with van der Waals surface area (Å²) in [4.78, 5) is 24.3. The Bertz CT molecular complexity index is 1110. The molecule has 0 bridgehead atoms. The van der Waals surface area contributed by atoms with Gasteiger partial charge in [-0.25, -0.2) is 10.2 Å². The number of amides is 1. The highest BCUT2D eigenvalue weighted by Gasteiger charge is 2.15. The van der Waals surface area contributed by atoms with Crippen LogP contribution in [-0.4, -0.2) is 24.9 Å². The Morgan fingerprint density at radius 3 is 2.40 bits per heavy atom. The van der Waals surface area contributed by atoms with Crippen LogP contribution in [0.25, 0.3) is 0 Å². The second-order valence-electron chi connectivity index (χ2n) is 6.59. The van der Waals surface area contributed by atoms with Gasteiger partial charge in [-0.15, -0.1) is 0 Å². The number of benzene rings is 3. The summed E-state index contributed by atoms with van der Waals surface area (Å²) in [6.45, 7) is 2.10. The highest BCUT2D eigenvalue weighted by atomic mass is 16.7. The molecule has 0 radical (unpaired) electrons. The Balaban J connectivity index is 1.33. The van der Waals surface area contributed by atoms with Crippen molar-refractivity contribution in [3.63, 3.8) is 0 Å². The zero-order valence-corrected chi connectivity index (χ0v) is 16.1. The summed E-state index contributed by atoms with van der Waals surface area (Å²) in [5, 5.41) is 3.95. The quantitative estimate of drug-likeness (QED) is 0.304. The molecule has 0 fully saturated rings. The summed E-state index contributed by atoms with van der Waals surface area (Å²) in [7, 11) is 0. The van der Waals surface area contributed by atoms with Crippen LogP contribution in [-0.2, 0) is 0 Å². The van der Waals surface area contributed by atoms with Crippen molar-refractivity contribution < 1.29 is 23.8 Å². The highest BCUT2D eigenvalue weighted by molar-refractivity contribution is 5.95. The molecule has 1 amide bonds. The van der Waals surface area contributed by atoms with E-state index in [1.165, 1.54) is 6.21 Å². The lowest BCUT2D eigenvalue weighted by atomic mass is 10.1. The number of fused-ring (bicyclic) bond motifs is 1. The second-order valence-corrected chi connectivity index (χ2v) is 6.59. The topological polar surface area (TPSA) is 86.2 Å². The molecule has 3 aromatic rings. The van der Waals surface area contributed by atoms with Crippen LogP contribution >= 0.6 is 0 Å². The van der Waals surface area contributed by atoms with Gasteiger partial charge in [-0.05, 0) is 67.1 Å². The van der Waals surface area contributed by atoms with Crippen LogP contribution in [0.3, 0.4) is 0 Å². The average Bonchev–Trinajstić information content (AvgIpc) is 3.23. The monoisotopic (exact) mass is 402 g/mol. The molecule has 0 saturated carbocycles. The fourth-order valence-electron chi connectivity index (χ4n) is 2.75. The molecule has 7 nitrogen and oxygen atoms in total. The maximum absolute atomic E-state index is 12.2. The van der Waals surface area contributed by atoms with Gasteiger partial charge in [0.25, 0.3) is 5.91 Å². The van der Waals surface area contributed by atoms with Gasteiger partial charge in [0, 0.05) is 5.56 Å². The van der Waals surface area contributed by atoms with E-state index in [2.05, 4.69) is 10.5 Å². The van der Waals surface area contributed by atoms with Gasteiger partial charge >= 0.3 is 5.97 Å². The minimum atomic E-state index is -0.424. The Labute approximate surface area is 172 Å². The number of aryl methyl sites for hydroxylation is 1. The van der Waals surface area contributed by atoms with E-state index in [1.54, 1.807) is 54.6 Å². The first-order valence-electron chi connectivity index (χ1n) is 9.20. The van der Waals surface area contributed by atoms with E-state index in [-0.39, 0.29) is 12.7 Å². The van der Waals surface area contributed by atoms with Crippen LogP contribution in [0.4, 0.5) is 0 Å². The Kier molecular flexibility index (Phi) is 5.43. The van der Waals surface area contributed by atoms with Gasteiger partial charge in [0.05, 0.1) is 11.8 Å². The van der Waals surface area contributed by atoms with E-state index >= 15 is 0 Å². The number of carbonyl (C=O) groups is 2. The third-order valence-electron chi connectivity index (χ3n) is 4.39. The molecule has 1 N–H and O–H groups in total. The number of nitrogens with one attached hydrogen (secondary N) is 1. The Morgan fingerprint density at radius 2 is 1.63 bits per heavy atom. The predicted molar refractivity (Wildman–Crippen MR) is 110 cm³/mol. The summed E-state index contributed by atoms with van der Waals surface area (Å²) in [5.74, 6) is 0.767. The van der Waals surface area contributed by atoms with Crippen molar-refractivity contribution in [2.45, 2.75) is 6.92 Å². The maximum Gasteiger partial charge on any atom is 0.343 e. The van der Waals surface area contributed by atoms with Crippen molar-refractivity contribution >= 4 is 18.1 Å². The molecule has 150 valence electrons. The lowest BCUT2D eigenvalue weighted by Gasteiger charge is -2.05. The van der Waals surface area contributed by atoms with E-state index in [9.17, 15) is 9.59 Å². The van der Waals surface area contributed by atoms with Crippen LogP contribution in [0.2, 0.25) is 0 Å². The van der Waals surface area contributed by atoms with E-state index in [1.807, 2.05) is 19.1 Å². The summed E-state index contributed by atoms with van der Waals surface area (Å²) < 4.78 is 15.8. The number of hydrazone groups is 1. The van der Waals surface area contributed by atoms with Crippen molar-refractivity contribution in [1.29, 1.82) is 0 Å². The van der Waals surface area contributed by atoms with Crippen LogP contribution in [0.15, 0.2) is 71.8 Å². The summed E-state index contributed by atoms with van der Waals surface area (Å²) in [6, 6.07) is 18.9. The highest BCUT2D eigenvalue weighted by Crippen LogP contribution is 2.32. The smallest absolute Gasteiger partial charge is 0.343 e.